The highest BCUT2D eigenvalue weighted by Gasteiger charge is 2.30. The molecule has 94 valence electrons. The fraction of sp³-hybridized carbons (Fsp3) is 0.667. The molecule has 2 rings (SSSR count). The van der Waals surface area contributed by atoms with E-state index in [-0.39, 0.29) is 5.92 Å². The molecule has 2 heteroatoms. The number of Topliss-reactive ketones (excluding diaryl/α,β-unsaturated/α-hetero) is 1. The highest BCUT2D eigenvalue weighted by atomic mass is 32.1. The van der Waals surface area contributed by atoms with Crippen molar-refractivity contribution >= 4 is 17.1 Å². The molecule has 1 aliphatic rings. The molecule has 1 nitrogen and oxygen atoms in total. The van der Waals surface area contributed by atoms with Crippen molar-refractivity contribution in [1.82, 2.24) is 0 Å². The van der Waals surface area contributed by atoms with Crippen LogP contribution < -0.4 is 0 Å². The Kier molecular flexibility index (Phi) is 4.03. The Balaban J connectivity index is 2.05. The molecular formula is C15H22OS. The zero-order valence-corrected chi connectivity index (χ0v) is 11.8. The number of ketones is 1. The number of carbonyl (C=O) groups excluding carboxylic acids is 1. The fourth-order valence-corrected chi connectivity index (χ4v) is 3.65. The predicted octanol–water partition coefficient (Wildman–Crippen LogP) is 4.57. The normalized spacial score (nSPS) is 29.2. The van der Waals surface area contributed by atoms with E-state index in [1.54, 1.807) is 11.3 Å². The highest BCUT2D eigenvalue weighted by Crippen LogP contribution is 2.36. The molecule has 0 spiro atoms. The Morgan fingerprint density at radius 1 is 1.29 bits per heavy atom. The number of hydrogen-bond acceptors (Lipinski definition) is 2. The van der Waals surface area contributed by atoms with Gasteiger partial charge in [0.05, 0.1) is 4.88 Å². The third-order valence-electron chi connectivity index (χ3n) is 4.22. The van der Waals surface area contributed by atoms with Crippen LogP contribution in [0.15, 0.2) is 12.1 Å². The van der Waals surface area contributed by atoms with Gasteiger partial charge in [0.15, 0.2) is 5.78 Å². The summed E-state index contributed by atoms with van der Waals surface area (Å²) in [6, 6.07) is 4.13. The zero-order chi connectivity index (χ0) is 12.4. The van der Waals surface area contributed by atoms with Crippen LogP contribution in [0.25, 0.3) is 0 Å². The third kappa shape index (κ3) is 2.79. The molecule has 0 saturated heterocycles. The molecule has 0 radical (unpaired) electrons. The van der Waals surface area contributed by atoms with E-state index in [2.05, 4.69) is 26.8 Å². The van der Waals surface area contributed by atoms with Crippen LogP contribution in [0, 0.1) is 17.8 Å². The van der Waals surface area contributed by atoms with Crippen molar-refractivity contribution < 1.29 is 4.79 Å². The van der Waals surface area contributed by atoms with Gasteiger partial charge in [-0.1, -0.05) is 20.8 Å². The van der Waals surface area contributed by atoms with Crippen LogP contribution in [0.1, 0.15) is 54.6 Å². The topological polar surface area (TPSA) is 17.1 Å². The zero-order valence-electron chi connectivity index (χ0n) is 11.0. The van der Waals surface area contributed by atoms with Crippen LogP contribution in [0.3, 0.4) is 0 Å². The number of carbonyl (C=O) groups is 1. The molecule has 1 fully saturated rings. The van der Waals surface area contributed by atoms with Gasteiger partial charge >= 0.3 is 0 Å². The molecule has 0 N–H and O–H groups in total. The van der Waals surface area contributed by atoms with Crippen molar-refractivity contribution in [2.24, 2.45) is 17.8 Å². The summed E-state index contributed by atoms with van der Waals surface area (Å²) < 4.78 is 0. The first-order chi connectivity index (χ1) is 8.11. The first-order valence-electron chi connectivity index (χ1n) is 6.74. The summed E-state index contributed by atoms with van der Waals surface area (Å²) in [5.74, 6) is 2.16. The van der Waals surface area contributed by atoms with E-state index in [1.165, 1.54) is 11.3 Å². The quantitative estimate of drug-likeness (QED) is 0.718. The highest BCUT2D eigenvalue weighted by molar-refractivity contribution is 7.14. The molecule has 0 amide bonds. The van der Waals surface area contributed by atoms with E-state index >= 15 is 0 Å². The second kappa shape index (κ2) is 5.34. The summed E-state index contributed by atoms with van der Waals surface area (Å²) in [5, 5.41) is 0. The average Bonchev–Trinajstić information content (AvgIpc) is 2.80. The third-order valence-corrected chi connectivity index (χ3v) is 5.47. The summed E-state index contributed by atoms with van der Waals surface area (Å²) in [4.78, 5) is 14.7. The molecule has 1 saturated carbocycles. The summed E-state index contributed by atoms with van der Waals surface area (Å²) in [6.45, 7) is 6.74. The Bertz CT molecular complexity index is 393. The first-order valence-corrected chi connectivity index (χ1v) is 7.56. The lowest BCUT2D eigenvalue weighted by molar-refractivity contribution is 0.0842. The largest absolute Gasteiger partial charge is 0.293 e. The molecule has 0 aliphatic heterocycles. The number of thiophene rings is 1. The summed E-state index contributed by atoms with van der Waals surface area (Å²) >= 11 is 1.69. The Hall–Kier alpha value is -0.630. The van der Waals surface area contributed by atoms with Gasteiger partial charge < -0.3 is 0 Å². The van der Waals surface area contributed by atoms with Crippen LogP contribution in [0.2, 0.25) is 0 Å². The maximum Gasteiger partial charge on any atom is 0.175 e. The first kappa shape index (κ1) is 12.8. The van der Waals surface area contributed by atoms with Crippen molar-refractivity contribution in [1.29, 1.82) is 0 Å². The van der Waals surface area contributed by atoms with E-state index < -0.39 is 0 Å². The maximum atomic E-state index is 12.4. The molecule has 3 unspecified atom stereocenters. The van der Waals surface area contributed by atoms with Gasteiger partial charge in [0.1, 0.15) is 0 Å². The lowest BCUT2D eigenvalue weighted by Gasteiger charge is -2.30. The minimum Gasteiger partial charge on any atom is -0.293 e. The van der Waals surface area contributed by atoms with Crippen LogP contribution in [-0.2, 0) is 6.42 Å². The van der Waals surface area contributed by atoms with Crippen molar-refractivity contribution in [2.75, 3.05) is 0 Å². The van der Waals surface area contributed by atoms with Crippen molar-refractivity contribution in [3.05, 3.63) is 21.9 Å². The van der Waals surface area contributed by atoms with E-state index in [9.17, 15) is 4.79 Å². The molecule has 17 heavy (non-hydrogen) atoms. The lowest BCUT2D eigenvalue weighted by atomic mass is 9.74. The Labute approximate surface area is 108 Å². The minimum atomic E-state index is 0.282. The van der Waals surface area contributed by atoms with Gasteiger partial charge in [-0.2, -0.15) is 0 Å². The molecule has 1 aliphatic carbocycles. The number of rotatable bonds is 3. The summed E-state index contributed by atoms with van der Waals surface area (Å²) in [5.41, 5.74) is 0. The monoisotopic (exact) mass is 250 g/mol. The minimum absolute atomic E-state index is 0.282. The van der Waals surface area contributed by atoms with E-state index in [4.69, 9.17) is 0 Å². The van der Waals surface area contributed by atoms with Crippen LogP contribution >= 0.6 is 11.3 Å². The van der Waals surface area contributed by atoms with E-state index in [0.29, 0.717) is 11.7 Å². The molecule has 1 heterocycles. The van der Waals surface area contributed by atoms with Gasteiger partial charge in [0, 0.05) is 10.8 Å². The standard InChI is InChI=1S/C15H22OS/c1-4-13-7-8-14(17-13)15(16)12-6-5-10(2)11(3)9-12/h7-8,10-12H,4-6,9H2,1-3H3. The fourth-order valence-electron chi connectivity index (χ4n) is 2.69. The van der Waals surface area contributed by atoms with Crippen LogP contribution in [0.4, 0.5) is 0 Å². The molecule has 1 aromatic heterocycles. The number of hydrogen-bond donors (Lipinski definition) is 0. The molecular weight excluding hydrogens is 228 g/mol. The maximum absolute atomic E-state index is 12.4. The lowest BCUT2D eigenvalue weighted by Crippen LogP contribution is -2.26. The number of aryl methyl sites for hydroxylation is 1. The second-order valence-electron chi connectivity index (χ2n) is 5.45. The summed E-state index contributed by atoms with van der Waals surface area (Å²) in [7, 11) is 0. The SMILES string of the molecule is CCc1ccc(C(=O)C2CCC(C)C(C)C2)s1. The summed E-state index contributed by atoms with van der Waals surface area (Å²) in [6.07, 6.45) is 4.42. The van der Waals surface area contributed by atoms with E-state index in [0.717, 1.165) is 30.1 Å². The Morgan fingerprint density at radius 3 is 2.65 bits per heavy atom. The molecule has 3 atom stereocenters. The van der Waals surface area contributed by atoms with Crippen LogP contribution in [-0.4, -0.2) is 5.78 Å². The predicted molar refractivity (Wildman–Crippen MR) is 73.7 cm³/mol. The van der Waals surface area contributed by atoms with Crippen molar-refractivity contribution in [2.45, 2.75) is 46.5 Å². The molecule has 0 bridgehead atoms. The van der Waals surface area contributed by atoms with Crippen molar-refractivity contribution in [3.8, 4) is 0 Å². The smallest absolute Gasteiger partial charge is 0.175 e. The van der Waals surface area contributed by atoms with Gasteiger partial charge in [0.25, 0.3) is 0 Å². The van der Waals surface area contributed by atoms with Gasteiger partial charge in [-0.15, -0.1) is 11.3 Å². The van der Waals surface area contributed by atoms with Crippen molar-refractivity contribution in [3.63, 3.8) is 0 Å². The average molecular weight is 250 g/mol. The molecule has 0 aromatic carbocycles. The Morgan fingerprint density at radius 2 is 2.06 bits per heavy atom. The van der Waals surface area contributed by atoms with Gasteiger partial charge in [-0.3, -0.25) is 4.79 Å². The second-order valence-corrected chi connectivity index (χ2v) is 6.62. The van der Waals surface area contributed by atoms with E-state index in [1.807, 2.05) is 6.07 Å². The van der Waals surface area contributed by atoms with Gasteiger partial charge in [-0.25, -0.2) is 0 Å². The van der Waals surface area contributed by atoms with Gasteiger partial charge in [0.2, 0.25) is 0 Å². The van der Waals surface area contributed by atoms with Gasteiger partial charge in [-0.05, 0) is 49.7 Å². The van der Waals surface area contributed by atoms with Crippen LogP contribution in [0.5, 0.6) is 0 Å². The molecule has 1 aromatic rings.